The number of rotatable bonds is 8. The van der Waals surface area contributed by atoms with Gasteiger partial charge in [-0.05, 0) is 43.7 Å². The molecule has 3 heterocycles. The van der Waals surface area contributed by atoms with Crippen LogP contribution in [0.3, 0.4) is 0 Å². The van der Waals surface area contributed by atoms with Crippen molar-refractivity contribution in [2.24, 2.45) is 7.05 Å². The highest BCUT2D eigenvalue weighted by Crippen LogP contribution is 2.33. The first-order valence-corrected chi connectivity index (χ1v) is 14.8. The van der Waals surface area contributed by atoms with E-state index in [1.807, 2.05) is 38.1 Å². The Bertz CT molecular complexity index is 1680. The highest BCUT2D eigenvalue weighted by atomic mass is 35.5. The number of hydrogen-bond donors (Lipinski definition) is 1. The SMILES string of the molecule is CCCc1nn(C)c2c(=O)[nH]c(-c3cc(S(=O)(=O)N4CCN(c5ccccc5Cl)CC4)ccc3OCC)nc12. The Labute approximate surface area is 232 Å². The minimum atomic E-state index is -3.82. The second kappa shape index (κ2) is 11.0. The van der Waals surface area contributed by atoms with Gasteiger partial charge in [-0.15, -0.1) is 0 Å². The molecule has 1 N–H and O–H groups in total. The summed E-state index contributed by atoms with van der Waals surface area (Å²) in [6.45, 7) is 5.89. The average molecular weight is 571 g/mol. The summed E-state index contributed by atoms with van der Waals surface area (Å²) in [6.07, 6.45) is 1.51. The first-order chi connectivity index (χ1) is 18.7. The predicted octanol–water partition coefficient (Wildman–Crippen LogP) is 3.84. The summed E-state index contributed by atoms with van der Waals surface area (Å²) >= 11 is 6.35. The number of anilines is 1. The molecule has 1 saturated heterocycles. The summed E-state index contributed by atoms with van der Waals surface area (Å²) < 4.78 is 36.2. The van der Waals surface area contributed by atoms with Gasteiger partial charge in [0.25, 0.3) is 5.56 Å². The number of halogens is 1. The van der Waals surface area contributed by atoms with Crippen LogP contribution in [-0.2, 0) is 23.5 Å². The van der Waals surface area contributed by atoms with Crippen LogP contribution in [0.5, 0.6) is 5.75 Å². The third-order valence-corrected chi connectivity index (χ3v) is 9.04. The molecular formula is C27H31ClN6O4S. The van der Waals surface area contributed by atoms with E-state index in [0.717, 1.165) is 17.8 Å². The molecular weight excluding hydrogens is 540 g/mol. The third-order valence-electron chi connectivity index (χ3n) is 6.82. The molecule has 0 saturated carbocycles. The molecule has 1 aliphatic rings. The minimum absolute atomic E-state index is 0.106. The fraction of sp³-hybridized carbons (Fsp3) is 0.370. The number of hydrogen-bond acceptors (Lipinski definition) is 7. The Balaban J connectivity index is 1.50. The van der Waals surface area contributed by atoms with E-state index in [1.54, 1.807) is 13.1 Å². The van der Waals surface area contributed by atoms with Crippen LogP contribution in [0.2, 0.25) is 5.02 Å². The van der Waals surface area contributed by atoms with Crippen LogP contribution in [0.1, 0.15) is 26.0 Å². The molecule has 0 bridgehead atoms. The molecule has 1 fully saturated rings. The average Bonchev–Trinajstić information content (AvgIpc) is 3.25. The molecule has 0 unspecified atom stereocenters. The van der Waals surface area contributed by atoms with Crippen molar-refractivity contribution >= 4 is 38.3 Å². The highest BCUT2D eigenvalue weighted by molar-refractivity contribution is 7.89. The van der Waals surface area contributed by atoms with E-state index in [-0.39, 0.29) is 16.3 Å². The fourth-order valence-corrected chi connectivity index (χ4v) is 6.65. The molecule has 2 aromatic heterocycles. The number of piperazine rings is 1. The topological polar surface area (TPSA) is 113 Å². The van der Waals surface area contributed by atoms with Gasteiger partial charge in [-0.2, -0.15) is 9.40 Å². The summed E-state index contributed by atoms with van der Waals surface area (Å²) in [5, 5.41) is 5.11. The molecule has 10 nitrogen and oxygen atoms in total. The molecule has 0 atom stereocenters. The summed E-state index contributed by atoms with van der Waals surface area (Å²) in [5.41, 5.74) is 2.55. The van der Waals surface area contributed by atoms with Crippen LogP contribution < -0.4 is 15.2 Å². The number of nitrogens with zero attached hydrogens (tertiary/aromatic N) is 5. The van der Waals surface area contributed by atoms with Crippen LogP contribution in [-0.4, -0.2) is 65.3 Å². The number of benzene rings is 2. The Morgan fingerprint density at radius 2 is 1.82 bits per heavy atom. The van der Waals surface area contributed by atoms with Crippen LogP contribution in [0.4, 0.5) is 5.69 Å². The number of para-hydroxylation sites is 1. The molecule has 0 aliphatic carbocycles. The maximum Gasteiger partial charge on any atom is 0.277 e. The molecule has 206 valence electrons. The Hall–Kier alpha value is -3.41. The van der Waals surface area contributed by atoms with Crippen LogP contribution in [0, 0.1) is 0 Å². The molecule has 0 spiro atoms. The van der Waals surface area contributed by atoms with E-state index < -0.39 is 10.0 Å². The second-order valence-corrected chi connectivity index (χ2v) is 11.7. The lowest BCUT2D eigenvalue weighted by molar-refractivity contribution is 0.341. The standard InChI is InChI=1S/C27H31ClN6O4S/c1-4-8-21-24-25(32(3)31-21)27(35)30-26(29-24)19-17-18(11-12-23(19)38-5-2)39(36,37)34-15-13-33(14-16-34)22-10-7-6-9-20(22)28/h6-7,9-12,17H,4-5,8,13-16H2,1-3H3,(H,29,30,35). The summed E-state index contributed by atoms with van der Waals surface area (Å²) in [5.74, 6) is 0.672. The zero-order valence-electron chi connectivity index (χ0n) is 22.1. The quantitative estimate of drug-likeness (QED) is 0.342. The number of H-pyrrole nitrogens is 1. The Kier molecular flexibility index (Phi) is 7.66. The monoisotopic (exact) mass is 570 g/mol. The minimum Gasteiger partial charge on any atom is -0.493 e. The van der Waals surface area contributed by atoms with Crippen molar-refractivity contribution in [3.63, 3.8) is 0 Å². The normalized spacial score (nSPS) is 14.7. The number of nitrogens with one attached hydrogen (secondary N) is 1. The first kappa shape index (κ1) is 27.2. The lowest BCUT2D eigenvalue weighted by atomic mass is 10.1. The third kappa shape index (κ3) is 5.13. The van der Waals surface area contributed by atoms with Crippen LogP contribution >= 0.6 is 11.6 Å². The maximum absolute atomic E-state index is 13.7. The van der Waals surface area contributed by atoms with Crippen LogP contribution in [0.25, 0.3) is 22.4 Å². The number of aryl methyl sites for hydroxylation is 2. The fourth-order valence-electron chi connectivity index (χ4n) is 4.94. The lowest BCUT2D eigenvalue weighted by Gasteiger charge is -2.35. The van der Waals surface area contributed by atoms with Crippen molar-refractivity contribution in [3.8, 4) is 17.1 Å². The van der Waals surface area contributed by atoms with E-state index >= 15 is 0 Å². The van der Waals surface area contributed by atoms with Crippen molar-refractivity contribution in [3.05, 3.63) is 63.5 Å². The maximum atomic E-state index is 13.7. The van der Waals surface area contributed by atoms with Crippen molar-refractivity contribution in [2.45, 2.75) is 31.6 Å². The molecule has 0 amide bonds. The van der Waals surface area contributed by atoms with E-state index in [9.17, 15) is 13.2 Å². The van der Waals surface area contributed by atoms with E-state index in [1.165, 1.54) is 21.1 Å². The lowest BCUT2D eigenvalue weighted by Crippen LogP contribution is -2.48. The molecule has 0 radical (unpaired) electrons. The van der Waals surface area contributed by atoms with Gasteiger partial charge < -0.3 is 14.6 Å². The molecule has 1 aliphatic heterocycles. The Morgan fingerprint density at radius 1 is 1.08 bits per heavy atom. The highest BCUT2D eigenvalue weighted by Gasteiger charge is 2.30. The number of aromatic amines is 1. The summed E-state index contributed by atoms with van der Waals surface area (Å²) in [4.78, 5) is 22.8. The predicted molar refractivity (Wildman–Crippen MR) is 152 cm³/mol. The van der Waals surface area contributed by atoms with Crippen molar-refractivity contribution in [1.29, 1.82) is 0 Å². The summed E-state index contributed by atoms with van der Waals surface area (Å²) in [6, 6.07) is 12.2. The molecule has 39 heavy (non-hydrogen) atoms. The number of sulfonamides is 1. The van der Waals surface area contributed by atoms with E-state index in [0.29, 0.717) is 66.6 Å². The van der Waals surface area contributed by atoms with Gasteiger partial charge in [0.1, 0.15) is 17.1 Å². The van der Waals surface area contributed by atoms with E-state index in [2.05, 4.69) is 15.0 Å². The Morgan fingerprint density at radius 3 is 2.51 bits per heavy atom. The van der Waals surface area contributed by atoms with Gasteiger partial charge in [0.2, 0.25) is 10.0 Å². The number of fused-ring (bicyclic) bond motifs is 1. The largest absolute Gasteiger partial charge is 0.493 e. The van der Waals surface area contributed by atoms with Gasteiger partial charge in [0, 0.05) is 33.2 Å². The zero-order valence-corrected chi connectivity index (χ0v) is 23.7. The zero-order chi connectivity index (χ0) is 27.7. The van der Waals surface area contributed by atoms with Gasteiger partial charge in [-0.3, -0.25) is 9.48 Å². The van der Waals surface area contributed by atoms with Crippen molar-refractivity contribution < 1.29 is 13.2 Å². The first-order valence-electron chi connectivity index (χ1n) is 13.0. The molecule has 4 aromatic rings. The van der Waals surface area contributed by atoms with Gasteiger partial charge in [0.15, 0.2) is 5.52 Å². The van der Waals surface area contributed by atoms with Gasteiger partial charge in [0.05, 0.1) is 33.5 Å². The van der Waals surface area contributed by atoms with Crippen molar-refractivity contribution in [2.75, 3.05) is 37.7 Å². The molecule has 12 heteroatoms. The van der Waals surface area contributed by atoms with Gasteiger partial charge in [-0.1, -0.05) is 37.1 Å². The smallest absolute Gasteiger partial charge is 0.277 e. The second-order valence-electron chi connectivity index (χ2n) is 9.37. The number of aromatic nitrogens is 4. The van der Waals surface area contributed by atoms with Crippen molar-refractivity contribution in [1.82, 2.24) is 24.1 Å². The van der Waals surface area contributed by atoms with Gasteiger partial charge in [-0.25, -0.2) is 13.4 Å². The number of ether oxygens (including phenoxy) is 1. The molecule has 5 rings (SSSR count). The summed E-state index contributed by atoms with van der Waals surface area (Å²) in [7, 11) is -2.11. The molecule has 2 aromatic carbocycles. The van der Waals surface area contributed by atoms with Gasteiger partial charge >= 0.3 is 0 Å². The van der Waals surface area contributed by atoms with Crippen LogP contribution in [0.15, 0.2) is 52.2 Å². The van der Waals surface area contributed by atoms with E-state index in [4.69, 9.17) is 21.3 Å².